The fourth-order valence-corrected chi connectivity index (χ4v) is 3.99. The molecule has 1 N–H and O–H groups in total. The van der Waals surface area contributed by atoms with Gasteiger partial charge in [-0.2, -0.15) is 13.2 Å². The van der Waals surface area contributed by atoms with Gasteiger partial charge in [0.1, 0.15) is 0 Å². The first-order valence-electron chi connectivity index (χ1n) is 9.97. The number of methoxy groups -OCH3 is 1. The first-order chi connectivity index (χ1) is 14.3. The topological polar surface area (TPSA) is 33.7 Å². The van der Waals surface area contributed by atoms with Gasteiger partial charge in [-0.25, -0.2) is 0 Å². The van der Waals surface area contributed by atoms with E-state index < -0.39 is 17.8 Å². The fraction of sp³-hybridized carbons (Fsp3) is 0.455. The number of nitrogens with zero attached hydrogens (tertiary/aromatic N) is 1. The van der Waals surface area contributed by atoms with E-state index in [0.29, 0.717) is 35.2 Å². The maximum absolute atomic E-state index is 13.4. The minimum Gasteiger partial charge on any atom is -0.493 e. The third kappa shape index (κ3) is 5.20. The minimum atomic E-state index is -4.44. The SMILES string of the molecule is CCOc1ccc(C(c2cc(C(F)(F)F)ccc2Cl)N2CCCNCC2)cc1OC. The van der Waals surface area contributed by atoms with Crippen molar-refractivity contribution in [2.24, 2.45) is 0 Å². The molecule has 2 aromatic rings. The van der Waals surface area contributed by atoms with Crippen molar-refractivity contribution < 1.29 is 22.6 Å². The van der Waals surface area contributed by atoms with Gasteiger partial charge in [-0.05, 0) is 61.3 Å². The molecule has 164 valence electrons. The van der Waals surface area contributed by atoms with E-state index in [-0.39, 0.29) is 0 Å². The van der Waals surface area contributed by atoms with Gasteiger partial charge < -0.3 is 14.8 Å². The number of nitrogens with one attached hydrogen (secondary N) is 1. The molecule has 0 spiro atoms. The summed E-state index contributed by atoms with van der Waals surface area (Å²) in [6.07, 6.45) is -3.55. The summed E-state index contributed by atoms with van der Waals surface area (Å²) in [5.41, 5.74) is 0.524. The number of hydrogen-bond acceptors (Lipinski definition) is 4. The van der Waals surface area contributed by atoms with E-state index in [0.717, 1.165) is 43.8 Å². The number of ether oxygens (including phenoxy) is 2. The van der Waals surface area contributed by atoms with Crippen molar-refractivity contribution in [2.75, 3.05) is 39.9 Å². The summed E-state index contributed by atoms with van der Waals surface area (Å²) in [6.45, 7) is 5.40. The summed E-state index contributed by atoms with van der Waals surface area (Å²) in [5, 5.41) is 3.64. The van der Waals surface area contributed by atoms with Crippen molar-refractivity contribution in [3.05, 3.63) is 58.1 Å². The Bertz CT molecular complexity index is 853. The van der Waals surface area contributed by atoms with Crippen LogP contribution in [0.25, 0.3) is 0 Å². The Balaban J connectivity index is 2.12. The number of alkyl halides is 3. The van der Waals surface area contributed by atoms with E-state index in [1.807, 2.05) is 19.1 Å². The van der Waals surface area contributed by atoms with Gasteiger partial charge in [0.15, 0.2) is 11.5 Å². The lowest BCUT2D eigenvalue weighted by molar-refractivity contribution is -0.137. The molecule has 8 heteroatoms. The van der Waals surface area contributed by atoms with Gasteiger partial charge in [-0.1, -0.05) is 17.7 Å². The molecule has 0 bridgehead atoms. The number of hydrogen-bond donors (Lipinski definition) is 1. The molecule has 2 aromatic carbocycles. The van der Waals surface area contributed by atoms with Gasteiger partial charge in [-0.3, -0.25) is 4.90 Å². The van der Waals surface area contributed by atoms with E-state index >= 15 is 0 Å². The average Bonchev–Trinajstić information content (AvgIpc) is 2.99. The molecule has 1 saturated heterocycles. The van der Waals surface area contributed by atoms with Crippen LogP contribution in [0.1, 0.15) is 36.1 Å². The highest BCUT2D eigenvalue weighted by molar-refractivity contribution is 6.31. The lowest BCUT2D eigenvalue weighted by Crippen LogP contribution is -2.33. The Morgan fingerprint density at radius 1 is 1.10 bits per heavy atom. The van der Waals surface area contributed by atoms with Crippen LogP contribution in [0, 0.1) is 0 Å². The van der Waals surface area contributed by atoms with Crippen molar-refractivity contribution in [2.45, 2.75) is 25.6 Å². The molecule has 1 aliphatic rings. The molecule has 0 amide bonds. The summed E-state index contributed by atoms with van der Waals surface area (Å²) < 4.78 is 51.4. The second-order valence-electron chi connectivity index (χ2n) is 7.12. The van der Waals surface area contributed by atoms with Crippen molar-refractivity contribution in [3.8, 4) is 11.5 Å². The molecule has 30 heavy (non-hydrogen) atoms. The Kier molecular flexibility index (Phi) is 7.50. The molecule has 0 radical (unpaired) electrons. The first kappa shape index (κ1) is 22.7. The highest BCUT2D eigenvalue weighted by Crippen LogP contribution is 2.40. The van der Waals surface area contributed by atoms with Gasteiger partial charge in [0, 0.05) is 24.7 Å². The van der Waals surface area contributed by atoms with Crippen LogP contribution in [0.4, 0.5) is 13.2 Å². The molecule has 1 atom stereocenters. The van der Waals surface area contributed by atoms with E-state index in [9.17, 15) is 13.2 Å². The predicted octanol–water partition coefficient (Wildman–Crippen LogP) is 5.15. The van der Waals surface area contributed by atoms with Crippen molar-refractivity contribution >= 4 is 11.6 Å². The monoisotopic (exact) mass is 442 g/mol. The Labute approximate surface area is 179 Å². The predicted molar refractivity (Wildman–Crippen MR) is 112 cm³/mol. The van der Waals surface area contributed by atoms with Crippen LogP contribution in [-0.4, -0.2) is 44.8 Å². The molecule has 4 nitrogen and oxygen atoms in total. The van der Waals surface area contributed by atoms with Crippen LogP contribution in [0.15, 0.2) is 36.4 Å². The highest BCUT2D eigenvalue weighted by Gasteiger charge is 2.33. The van der Waals surface area contributed by atoms with Crippen molar-refractivity contribution in [1.29, 1.82) is 0 Å². The molecule has 3 rings (SSSR count). The van der Waals surface area contributed by atoms with Crippen LogP contribution >= 0.6 is 11.6 Å². The molecule has 1 aliphatic heterocycles. The average molecular weight is 443 g/mol. The summed E-state index contributed by atoms with van der Waals surface area (Å²) >= 11 is 6.44. The standard InChI is InChI=1S/C22H26ClF3N2O2/c1-3-30-19-8-5-15(13-20(19)29-2)21(28-11-4-9-27-10-12-28)17-14-16(22(24,25)26)6-7-18(17)23/h5-8,13-14,21,27H,3-4,9-12H2,1-2H3. The van der Waals surface area contributed by atoms with Gasteiger partial charge >= 0.3 is 6.18 Å². The van der Waals surface area contributed by atoms with Gasteiger partial charge in [0.2, 0.25) is 0 Å². The van der Waals surface area contributed by atoms with Crippen LogP contribution in [0.3, 0.4) is 0 Å². The minimum absolute atomic E-state index is 0.304. The zero-order valence-corrected chi connectivity index (χ0v) is 17.8. The molecule has 1 heterocycles. The highest BCUT2D eigenvalue weighted by atomic mass is 35.5. The summed E-state index contributed by atoms with van der Waals surface area (Å²) in [4.78, 5) is 2.16. The molecule has 1 fully saturated rings. The quantitative estimate of drug-likeness (QED) is 0.670. The summed E-state index contributed by atoms with van der Waals surface area (Å²) in [6, 6.07) is 8.55. The normalized spacial score (nSPS) is 16.7. The third-order valence-electron chi connectivity index (χ3n) is 5.16. The maximum Gasteiger partial charge on any atom is 0.416 e. The smallest absolute Gasteiger partial charge is 0.416 e. The third-order valence-corrected chi connectivity index (χ3v) is 5.51. The lowest BCUT2D eigenvalue weighted by Gasteiger charge is -2.32. The Hall–Kier alpha value is -1.96. The summed E-state index contributed by atoms with van der Waals surface area (Å²) in [5.74, 6) is 1.13. The molecule has 1 unspecified atom stereocenters. The zero-order valence-electron chi connectivity index (χ0n) is 17.1. The number of rotatable bonds is 6. The fourth-order valence-electron chi connectivity index (χ4n) is 3.77. The largest absolute Gasteiger partial charge is 0.493 e. The Morgan fingerprint density at radius 2 is 1.90 bits per heavy atom. The van der Waals surface area contributed by atoms with E-state index in [2.05, 4.69) is 10.2 Å². The number of halogens is 4. The van der Waals surface area contributed by atoms with Crippen molar-refractivity contribution in [1.82, 2.24) is 10.2 Å². The Morgan fingerprint density at radius 3 is 2.60 bits per heavy atom. The lowest BCUT2D eigenvalue weighted by atomic mass is 9.94. The second kappa shape index (κ2) is 9.90. The van der Waals surface area contributed by atoms with Crippen LogP contribution in [-0.2, 0) is 6.18 Å². The molecular weight excluding hydrogens is 417 g/mol. The van der Waals surface area contributed by atoms with E-state index in [4.69, 9.17) is 21.1 Å². The number of benzene rings is 2. The van der Waals surface area contributed by atoms with E-state index in [1.54, 1.807) is 13.2 Å². The van der Waals surface area contributed by atoms with Crippen LogP contribution in [0.2, 0.25) is 5.02 Å². The first-order valence-corrected chi connectivity index (χ1v) is 10.3. The van der Waals surface area contributed by atoms with E-state index in [1.165, 1.54) is 6.07 Å². The molecule has 0 aliphatic carbocycles. The summed E-state index contributed by atoms with van der Waals surface area (Å²) in [7, 11) is 1.55. The molecule has 0 aromatic heterocycles. The van der Waals surface area contributed by atoms with Gasteiger partial charge in [0.25, 0.3) is 0 Å². The van der Waals surface area contributed by atoms with Crippen molar-refractivity contribution in [3.63, 3.8) is 0 Å². The molecular formula is C22H26ClF3N2O2. The molecule has 0 saturated carbocycles. The van der Waals surface area contributed by atoms with Gasteiger partial charge in [-0.15, -0.1) is 0 Å². The van der Waals surface area contributed by atoms with Gasteiger partial charge in [0.05, 0.1) is 25.3 Å². The van der Waals surface area contributed by atoms with Crippen LogP contribution in [0.5, 0.6) is 11.5 Å². The van der Waals surface area contributed by atoms with Crippen LogP contribution < -0.4 is 14.8 Å². The zero-order chi connectivity index (χ0) is 21.7. The second-order valence-corrected chi connectivity index (χ2v) is 7.53. The maximum atomic E-state index is 13.4.